The van der Waals surface area contributed by atoms with Gasteiger partial charge in [0.15, 0.2) is 0 Å². The quantitative estimate of drug-likeness (QED) is 0.750. The molecule has 1 aliphatic heterocycles. The van der Waals surface area contributed by atoms with Crippen molar-refractivity contribution in [2.24, 2.45) is 5.92 Å². The summed E-state index contributed by atoms with van der Waals surface area (Å²) in [5.41, 5.74) is 0. The molecule has 0 aromatic carbocycles. The molecule has 17 heavy (non-hydrogen) atoms. The molecule has 1 aliphatic carbocycles. The summed E-state index contributed by atoms with van der Waals surface area (Å²) in [6.07, 6.45) is 8.08. The lowest BCUT2D eigenvalue weighted by atomic mass is 9.87. The van der Waals surface area contributed by atoms with E-state index in [0.29, 0.717) is 6.10 Å². The van der Waals surface area contributed by atoms with E-state index < -0.39 is 0 Å². The van der Waals surface area contributed by atoms with E-state index in [0.717, 1.165) is 51.2 Å². The third kappa shape index (κ3) is 4.94. The average molecular weight is 241 g/mol. The Bertz CT molecular complexity index is 204. The normalized spacial score (nSPS) is 31.6. The van der Waals surface area contributed by atoms with Gasteiger partial charge in [-0.2, -0.15) is 0 Å². The van der Waals surface area contributed by atoms with E-state index in [-0.39, 0.29) is 0 Å². The summed E-state index contributed by atoms with van der Waals surface area (Å²) >= 11 is 0. The molecular formula is C14H27NO2. The molecule has 100 valence electrons. The van der Waals surface area contributed by atoms with Gasteiger partial charge in [0.25, 0.3) is 0 Å². The maximum absolute atomic E-state index is 5.86. The zero-order valence-electron chi connectivity index (χ0n) is 11.1. The Morgan fingerprint density at radius 2 is 2.00 bits per heavy atom. The van der Waals surface area contributed by atoms with Gasteiger partial charge in [0.1, 0.15) is 0 Å². The third-order valence-corrected chi connectivity index (χ3v) is 3.99. The second kappa shape index (κ2) is 7.34. The molecule has 2 unspecified atom stereocenters. The largest absolute Gasteiger partial charge is 0.381 e. The van der Waals surface area contributed by atoms with Crippen LogP contribution in [0.3, 0.4) is 0 Å². The van der Waals surface area contributed by atoms with Gasteiger partial charge in [-0.15, -0.1) is 0 Å². The first-order chi connectivity index (χ1) is 8.34. The van der Waals surface area contributed by atoms with Crippen molar-refractivity contribution in [3.8, 4) is 0 Å². The molecule has 0 radical (unpaired) electrons. The maximum atomic E-state index is 5.86. The Morgan fingerprint density at radius 3 is 2.76 bits per heavy atom. The van der Waals surface area contributed by atoms with E-state index in [1.54, 1.807) is 0 Å². The van der Waals surface area contributed by atoms with Gasteiger partial charge in [-0.1, -0.05) is 19.8 Å². The standard InChI is InChI=1S/C14H27NO2/c1-12-3-2-4-13(11-12)15-7-10-17-14-5-8-16-9-6-14/h12-15H,2-11H2,1H3. The minimum absolute atomic E-state index is 0.441. The second-order valence-corrected chi connectivity index (χ2v) is 5.61. The zero-order chi connectivity index (χ0) is 11.9. The first-order valence-electron chi connectivity index (χ1n) is 7.27. The Balaban J connectivity index is 1.50. The average Bonchev–Trinajstić information content (AvgIpc) is 2.36. The second-order valence-electron chi connectivity index (χ2n) is 5.61. The van der Waals surface area contributed by atoms with Gasteiger partial charge in [0.05, 0.1) is 12.7 Å². The van der Waals surface area contributed by atoms with Gasteiger partial charge < -0.3 is 14.8 Å². The van der Waals surface area contributed by atoms with Crippen molar-refractivity contribution in [3.05, 3.63) is 0 Å². The summed E-state index contributed by atoms with van der Waals surface area (Å²) in [6, 6.07) is 0.733. The van der Waals surface area contributed by atoms with Crippen LogP contribution in [0.5, 0.6) is 0 Å². The highest BCUT2D eigenvalue weighted by atomic mass is 16.5. The molecule has 0 bridgehead atoms. The van der Waals surface area contributed by atoms with Crippen molar-refractivity contribution in [1.29, 1.82) is 0 Å². The van der Waals surface area contributed by atoms with E-state index >= 15 is 0 Å². The molecule has 2 atom stereocenters. The Kier molecular flexibility index (Phi) is 5.75. The number of hydrogen-bond donors (Lipinski definition) is 1. The van der Waals surface area contributed by atoms with Crippen LogP contribution >= 0.6 is 0 Å². The van der Waals surface area contributed by atoms with Crippen molar-refractivity contribution in [1.82, 2.24) is 5.32 Å². The Hall–Kier alpha value is -0.120. The van der Waals surface area contributed by atoms with Crippen LogP contribution < -0.4 is 5.32 Å². The lowest BCUT2D eigenvalue weighted by Gasteiger charge is -2.28. The third-order valence-electron chi connectivity index (χ3n) is 3.99. The minimum atomic E-state index is 0.441. The van der Waals surface area contributed by atoms with Crippen LogP contribution in [0, 0.1) is 5.92 Å². The van der Waals surface area contributed by atoms with Crippen LogP contribution in [0.2, 0.25) is 0 Å². The van der Waals surface area contributed by atoms with Gasteiger partial charge in [-0.25, -0.2) is 0 Å². The summed E-state index contributed by atoms with van der Waals surface area (Å²) in [5, 5.41) is 3.64. The summed E-state index contributed by atoms with van der Waals surface area (Å²) in [4.78, 5) is 0. The zero-order valence-corrected chi connectivity index (χ0v) is 11.1. The van der Waals surface area contributed by atoms with Crippen LogP contribution in [-0.2, 0) is 9.47 Å². The monoisotopic (exact) mass is 241 g/mol. The molecule has 0 spiro atoms. The fourth-order valence-corrected chi connectivity index (χ4v) is 2.95. The predicted octanol–water partition coefficient (Wildman–Crippen LogP) is 2.35. The highest BCUT2D eigenvalue weighted by molar-refractivity contribution is 4.75. The van der Waals surface area contributed by atoms with E-state index in [2.05, 4.69) is 12.2 Å². The summed E-state index contributed by atoms with van der Waals surface area (Å²) in [7, 11) is 0. The van der Waals surface area contributed by atoms with E-state index in [1.807, 2.05) is 0 Å². The van der Waals surface area contributed by atoms with E-state index in [9.17, 15) is 0 Å². The number of hydrogen-bond acceptors (Lipinski definition) is 3. The smallest absolute Gasteiger partial charge is 0.0619 e. The highest BCUT2D eigenvalue weighted by Crippen LogP contribution is 2.23. The Labute approximate surface area is 105 Å². The molecule has 1 saturated carbocycles. The molecule has 0 amide bonds. The maximum Gasteiger partial charge on any atom is 0.0619 e. The molecule has 0 aromatic rings. The first-order valence-corrected chi connectivity index (χ1v) is 7.27. The van der Waals surface area contributed by atoms with Crippen molar-refractivity contribution in [3.63, 3.8) is 0 Å². The lowest BCUT2D eigenvalue weighted by molar-refractivity contribution is -0.0311. The summed E-state index contributed by atoms with van der Waals surface area (Å²) in [6.45, 7) is 5.98. The van der Waals surface area contributed by atoms with Gasteiger partial charge in [0, 0.05) is 25.8 Å². The molecule has 1 heterocycles. The topological polar surface area (TPSA) is 30.5 Å². The fraction of sp³-hybridized carbons (Fsp3) is 1.00. The molecule has 2 aliphatic rings. The molecule has 1 saturated heterocycles. The molecule has 2 rings (SSSR count). The van der Waals surface area contributed by atoms with Gasteiger partial charge in [0.2, 0.25) is 0 Å². The molecule has 1 N–H and O–H groups in total. The van der Waals surface area contributed by atoms with Crippen LogP contribution in [0.1, 0.15) is 45.4 Å². The Morgan fingerprint density at radius 1 is 1.18 bits per heavy atom. The van der Waals surface area contributed by atoms with Gasteiger partial charge in [-0.3, -0.25) is 0 Å². The minimum Gasteiger partial charge on any atom is -0.381 e. The molecule has 3 heteroatoms. The van der Waals surface area contributed by atoms with Crippen LogP contribution in [-0.4, -0.2) is 38.5 Å². The fourth-order valence-electron chi connectivity index (χ4n) is 2.95. The van der Waals surface area contributed by atoms with Crippen LogP contribution in [0.15, 0.2) is 0 Å². The molecule has 0 aromatic heterocycles. The number of nitrogens with one attached hydrogen (secondary N) is 1. The van der Waals surface area contributed by atoms with Crippen molar-refractivity contribution < 1.29 is 9.47 Å². The van der Waals surface area contributed by atoms with Crippen molar-refractivity contribution >= 4 is 0 Å². The summed E-state index contributed by atoms with van der Waals surface area (Å²) in [5.74, 6) is 0.901. The predicted molar refractivity (Wildman–Crippen MR) is 69.2 cm³/mol. The van der Waals surface area contributed by atoms with Crippen molar-refractivity contribution in [2.45, 2.75) is 57.6 Å². The van der Waals surface area contributed by atoms with Crippen molar-refractivity contribution in [2.75, 3.05) is 26.4 Å². The number of rotatable bonds is 5. The van der Waals surface area contributed by atoms with E-state index in [4.69, 9.17) is 9.47 Å². The molecule has 2 fully saturated rings. The lowest BCUT2D eigenvalue weighted by Crippen LogP contribution is -2.36. The van der Waals surface area contributed by atoms with Crippen LogP contribution in [0.4, 0.5) is 0 Å². The van der Waals surface area contributed by atoms with Gasteiger partial charge >= 0.3 is 0 Å². The molecule has 3 nitrogen and oxygen atoms in total. The van der Waals surface area contributed by atoms with Gasteiger partial charge in [-0.05, 0) is 31.6 Å². The molecular weight excluding hydrogens is 214 g/mol. The first kappa shape index (κ1) is 13.3. The highest BCUT2D eigenvalue weighted by Gasteiger charge is 2.18. The number of ether oxygens (including phenoxy) is 2. The summed E-state index contributed by atoms with van der Waals surface area (Å²) < 4.78 is 11.2. The SMILES string of the molecule is CC1CCCC(NCCOC2CCOCC2)C1. The van der Waals surface area contributed by atoms with Crippen LogP contribution in [0.25, 0.3) is 0 Å². The van der Waals surface area contributed by atoms with E-state index in [1.165, 1.54) is 25.7 Å².